The summed E-state index contributed by atoms with van der Waals surface area (Å²) in [5.41, 5.74) is 2.38. The number of rotatable bonds is 8. The van der Waals surface area contributed by atoms with Crippen molar-refractivity contribution < 1.29 is 19.0 Å². The van der Waals surface area contributed by atoms with Crippen molar-refractivity contribution in [3.63, 3.8) is 0 Å². The number of carbonyl (C=O) groups is 1. The molecular formula is C27H23BrCl2N2O4S. The first-order valence-corrected chi connectivity index (χ1v) is 13.6. The van der Waals surface area contributed by atoms with Crippen LogP contribution in [-0.4, -0.2) is 36.7 Å². The molecule has 1 fully saturated rings. The molecule has 0 atom stereocenters. The lowest BCUT2D eigenvalue weighted by Crippen LogP contribution is -2.28. The lowest BCUT2D eigenvalue weighted by molar-refractivity contribution is -0.122. The number of likely N-dealkylation sites (N-methyl/N-ethyl adjacent to an activating group) is 1. The number of methoxy groups -OCH3 is 2. The third kappa shape index (κ3) is 6.44. The molecule has 192 valence electrons. The largest absolute Gasteiger partial charge is 0.497 e. The summed E-state index contributed by atoms with van der Waals surface area (Å²) in [6.07, 6.45) is 1.82. The Morgan fingerprint density at radius 3 is 2.41 bits per heavy atom. The second-order valence-corrected chi connectivity index (χ2v) is 10.5. The number of amides is 1. The maximum absolute atomic E-state index is 13.1. The van der Waals surface area contributed by atoms with E-state index in [0.29, 0.717) is 38.2 Å². The molecule has 0 N–H and O–H groups in total. The molecule has 0 radical (unpaired) electrons. The van der Waals surface area contributed by atoms with Crippen LogP contribution in [0.15, 0.2) is 69.0 Å². The van der Waals surface area contributed by atoms with E-state index in [4.69, 9.17) is 37.4 Å². The Morgan fingerprint density at radius 2 is 1.76 bits per heavy atom. The minimum absolute atomic E-state index is 0.106. The van der Waals surface area contributed by atoms with Crippen LogP contribution in [0.3, 0.4) is 0 Å². The summed E-state index contributed by atoms with van der Waals surface area (Å²) in [6.45, 7) is 2.71. The summed E-state index contributed by atoms with van der Waals surface area (Å²) < 4.78 is 17.5. The molecule has 0 spiro atoms. The van der Waals surface area contributed by atoms with Crippen LogP contribution >= 0.6 is 50.9 Å². The number of aliphatic imine (C=N–C) groups is 1. The topological polar surface area (TPSA) is 60.4 Å². The Morgan fingerprint density at radius 1 is 1.00 bits per heavy atom. The lowest BCUT2D eigenvalue weighted by Gasteiger charge is -2.13. The molecule has 1 aliphatic heterocycles. The number of hydrogen-bond acceptors (Lipinski definition) is 6. The summed E-state index contributed by atoms with van der Waals surface area (Å²) >= 11 is 17.0. The first-order valence-electron chi connectivity index (χ1n) is 11.2. The molecule has 1 aliphatic rings. The number of amidine groups is 1. The second kappa shape index (κ2) is 12.3. The van der Waals surface area contributed by atoms with E-state index in [-0.39, 0.29) is 12.5 Å². The SMILES string of the molecule is CCN1C(=O)/C(=C\c2cc(OC)c(OCc3ccc(Cl)c(Cl)c3)cc2Br)SC1=Nc1ccc(OC)cc1. The molecule has 10 heteroatoms. The molecule has 3 aromatic carbocycles. The van der Waals surface area contributed by atoms with Crippen molar-refractivity contribution in [1.82, 2.24) is 4.90 Å². The van der Waals surface area contributed by atoms with Gasteiger partial charge in [0, 0.05) is 11.0 Å². The monoisotopic (exact) mass is 620 g/mol. The van der Waals surface area contributed by atoms with E-state index in [1.165, 1.54) is 11.8 Å². The van der Waals surface area contributed by atoms with Gasteiger partial charge in [-0.05, 0) is 84.4 Å². The minimum Gasteiger partial charge on any atom is -0.497 e. The van der Waals surface area contributed by atoms with E-state index in [9.17, 15) is 4.79 Å². The average Bonchev–Trinajstić information content (AvgIpc) is 3.19. The van der Waals surface area contributed by atoms with Gasteiger partial charge in [-0.3, -0.25) is 9.69 Å². The van der Waals surface area contributed by atoms with Gasteiger partial charge in [0.25, 0.3) is 5.91 Å². The Balaban J connectivity index is 1.57. The van der Waals surface area contributed by atoms with E-state index in [1.54, 1.807) is 31.3 Å². The maximum atomic E-state index is 13.1. The predicted octanol–water partition coefficient (Wildman–Crippen LogP) is 7.98. The third-order valence-electron chi connectivity index (χ3n) is 5.45. The van der Waals surface area contributed by atoms with Gasteiger partial charge >= 0.3 is 0 Å². The van der Waals surface area contributed by atoms with Crippen molar-refractivity contribution in [2.24, 2.45) is 4.99 Å². The standard InChI is InChI=1S/C27H23BrCl2N2O4S/c1-4-32-26(33)25(37-27(32)31-18-6-8-19(34-2)9-7-18)13-17-12-23(35-3)24(14-20(17)28)36-15-16-5-10-21(29)22(30)11-16/h5-14H,4,15H2,1-3H3/b25-13+,31-27?. The molecule has 0 aromatic heterocycles. The van der Waals surface area contributed by atoms with Crippen molar-refractivity contribution in [3.8, 4) is 17.2 Å². The van der Waals surface area contributed by atoms with Crippen LogP contribution in [-0.2, 0) is 11.4 Å². The molecular weight excluding hydrogens is 599 g/mol. The number of halogens is 3. The van der Waals surface area contributed by atoms with E-state index in [0.717, 1.165) is 27.0 Å². The number of nitrogens with zero attached hydrogens (tertiary/aromatic N) is 2. The van der Waals surface area contributed by atoms with Crippen LogP contribution in [0.4, 0.5) is 5.69 Å². The van der Waals surface area contributed by atoms with Crippen molar-refractivity contribution >= 4 is 73.7 Å². The van der Waals surface area contributed by atoms with Gasteiger partial charge in [0.1, 0.15) is 12.4 Å². The van der Waals surface area contributed by atoms with Gasteiger partial charge in [-0.2, -0.15) is 0 Å². The summed E-state index contributed by atoms with van der Waals surface area (Å²) in [7, 11) is 3.18. The van der Waals surface area contributed by atoms with Gasteiger partial charge in [-0.1, -0.05) is 45.2 Å². The highest BCUT2D eigenvalue weighted by Gasteiger charge is 2.32. The molecule has 4 rings (SSSR count). The molecule has 0 unspecified atom stereocenters. The molecule has 0 saturated carbocycles. The highest BCUT2D eigenvalue weighted by atomic mass is 79.9. The summed E-state index contributed by atoms with van der Waals surface area (Å²) in [5.74, 6) is 1.72. The van der Waals surface area contributed by atoms with Crippen molar-refractivity contribution in [2.75, 3.05) is 20.8 Å². The fourth-order valence-corrected chi connectivity index (χ4v) is 5.31. The van der Waals surface area contributed by atoms with E-state index in [1.807, 2.05) is 55.5 Å². The molecule has 37 heavy (non-hydrogen) atoms. The van der Waals surface area contributed by atoms with Gasteiger partial charge in [-0.15, -0.1) is 0 Å². The quantitative estimate of drug-likeness (QED) is 0.239. The van der Waals surface area contributed by atoms with Crippen LogP contribution in [0.1, 0.15) is 18.1 Å². The smallest absolute Gasteiger partial charge is 0.266 e. The fraction of sp³-hybridized carbons (Fsp3) is 0.185. The van der Waals surface area contributed by atoms with E-state index in [2.05, 4.69) is 20.9 Å². The van der Waals surface area contributed by atoms with E-state index >= 15 is 0 Å². The Labute approximate surface area is 238 Å². The first kappa shape index (κ1) is 27.4. The third-order valence-corrected chi connectivity index (χ3v) is 7.88. The molecule has 1 saturated heterocycles. The van der Waals surface area contributed by atoms with E-state index < -0.39 is 0 Å². The lowest BCUT2D eigenvalue weighted by atomic mass is 10.1. The second-order valence-electron chi connectivity index (χ2n) is 7.81. The zero-order valence-corrected chi connectivity index (χ0v) is 24.2. The Hall–Kier alpha value is -2.65. The number of benzene rings is 3. The molecule has 0 bridgehead atoms. The zero-order valence-electron chi connectivity index (χ0n) is 20.3. The number of hydrogen-bond donors (Lipinski definition) is 0. The van der Waals surface area contributed by atoms with Crippen molar-refractivity contribution in [1.29, 1.82) is 0 Å². The van der Waals surface area contributed by atoms with Gasteiger partial charge in [0.15, 0.2) is 16.7 Å². The summed E-state index contributed by atoms with van der Waals surface area (Å²) in [5, 5.41) is 1.57. The Kier molecular flexibility index (Phi) is 9.08. The molecule has 1 amide bonds. The summed E-state index contributed by atoms with van der Waals surface area (Å²) in [4.78, 5) is 20.0. The van der Waals surface area contributed by atoms with Crippen LogP contribution in [0, 0.1) is 0 Å². The number of ether oxygens (including phenoxy) is 3. The highest BCUT2D eigenvalue weighted by Crippen LogP contribution is 2.39. The summed E-state index contributed by atoms with van der Waals surface area (Å²) in [6, 6.07) is 16.4. The van der Waals surface area contributed by atoms with Gasteiger partial charge in [0.2, 0.25) is 0 Å². The maximum Gasteiger partial charge on any atom is 0.266 e. The van der Waals surface area contributed by atoms with Gasteiger partial charge in [0.05, 0.1) is 34.9 Å². The molecule has 1 heterocycles. The van der Waals surface area contributed by atoms with Crippen molar-refractivity contribution in [3.05, 3.63) is 85.1 Å². The normalized spacial score (nSPS) is 15.5. The zero-order chi connectivity index (χ0) is 26.5. The van der Waals surface area contributed by atoms with Gasteiger partial charge < -0.3 is 14.2 Å². The number of thioether (sulfide) groups is 1. The van der Waals surface area contributed by atoms with Crippen LogP contribution < -0.4 is 14.2 Å². The Bertz CT molecular complexity index is 1380. The first-order chi connectivity index (χ1) is 17.8. The van der Waals surface area contributed by atoms with Crippen LogP contribution in [0.2, 0.25) is 10.0 Å². The molecule has 0 aliphatic carbocycles. The van der Waals surface area contributed by atoms with Crippen molar-refractivity contribution in [2.45, 2.75) is 13.5 Å². The predicted molar refractivity (Wildman–Crippen MR) is 155 cm³/mol. The minimum atomic E-state index is -0.106. The molecule has 3 aromatic rings. The number of carbonyl (C=O) groups excluding carboxylic acids is 1. The van der Waals surface area contributed by atoms with Crippen LogP contribution in [0.5, 0.6) is 17.2 Å². The fourth-order valence-electron chi connectivity index (χ4n) is 3.50. The van der Waals surface area contributed by atoms with Crippen LogP contribution in [0.25, 0.3) is 6.08 Å². The average molecular weight is 622 g/mol. The highest BCUT2D eigenvalue weighted by molar-refractivity contribution is 9.10. The molecule has 6 nitrogen and oxygen atoms in total. The van der Waals surface area contributed by atoms with Gasteiger partial charge in [-0.25, -0.2) is 4.99 Å².